The number of hydrogen-bond acceptors (Lipinski definition) is 3. The molecular formula is C63H56F6O3. The van der Waals surface area contributed by atoms with Crippen LogP contribution in [0.1, 0.15) is 185 Å². The zero-order valence-electron chi connectivity index (χ0n) is 40.2. The summed E-state index contributed by atoms with van der Waals surface area (Å²) >= 11 is 0. The summed E-state index contributed by atoms with van der Waals surface area (Å²) in [5.74, 6) is 11.4. The number of rotatable bonds is 17. The smallest absolute Gasteiger partial charge is 0.426 e. The monoisotopic (exact) mass is 974 g/mol. The van der Waals surface area contributed by atoms with Crippen LogP contribution in [0, 0.1) is 24.2 Å². The van der Waals surface area contributed by atoms with Gasteiger partial charge in [-0.3, -0.25) is 0 Å². The summed E-state index contributed by atoms with van der Waals surface area (Å²) in [5.41, 5.74) is 12.3. The number of halogens is 6. The summed E-state index contributed by atoms with van der Waals surface area (Å²) in [7, 11) is 0. The first-order chi connectivity index (χ1) is 34.9. The van der Waals surface area contributed by atoms with Gasteiger partial charge in [-0.15, -0.1) is 6.42 Å². The Morgan fingerprint density at radius 1 is 0.514 bits per heavy atom. The Labute approximate surface area is 418 Å². The van der Waals surface area contributed by atoms with Crippen LogP contribution in [0.15, 0.2) is 127 Å². The van der Waals surface area contributed by atoms with Crippen molar-refractivity contribution < 1.29 is 40.9 Å². The normalized spacial score (nSPS) is 17.7. The second kappa shape index (κ2) is 20.1. The molecule has 0 radical (unpaired) electrons. The van der Waals surface area contributed by atoms with Gasteiger partial charge in [-0.25, -0.2) is 0 Å². The Kier molecular flexibility index (Phi) is 13.6. The van der Waals surface area contributed by atoms with Crippen LogP contribution in [0.4, 0.5) is 26.3 Å². The van der Waals surface area contributed by atoms with Crippen molar-refractivity contribution in [1.82, 2.24) is 0 Å². The summed E-state index contributed by atoms with van der Waals surface area (Å²) in [6.07, 6.45) is 4.98. The Morgan fingerprint density at radius 2 is 0.931 bits per heavy atom. The SMILES string of the molecule is C#Cc1c2c(c(C#Cc3cc(OCCC/C=C/CC(O)(C(F)(F)F)C(F)(F)F)ccc3OCCCCCCCCCC)c3c1C1c4ccccc4C3c3ccccc31)C1c3ccccc3C2c2ccccc21. The van der Waals surface area contributed by atoms with E-state index in [4.69, 9.17) is 15.9 Å². The Hall–Kier alpha value is -6.68. The highest BCUT2D eigenvalue weighted by molar-refractivity contribution is 5.82. The topological polar surface area (TPSA) is 38.7 Å². The van der Waals surface area contributed by atoms with Crippen LogP contribution in [0.3, 0.4) is 0 Å². The Balaban J connectivity index is 1.05. The van der Waals surface area contributed by atoms with Gasteiger partial charge in [0.05, 0.1) is 18.8 Å². The second-order valence-corrected chi connectivity index (χ2v) is 19.6. The lowest BCUT2D eigenvalue weighted by atomic mass is 9.53. The summed E-state index contributed by atoms with van der Waals surface area (Å²) in [6.45, 7) is 2.84. The molecule has 1 N–H and O–H groups in total. The summed E-state index contributed by atoms with van der Waals surface area (Å²) < 4.78 is 92.0. The van der Waals surface area contributed by atoms with E-state index < -0.39 is 24.4 Å². The number of allylic oxidation sites excluding steroid dienone is 1. The highest BCUT2D eigenvalue weighted by Gasteiger charge is 2.69. The van der Waals surface area contributed by atoms with Gasteiger partial charge in [0.1, 0.15) is 11.5 Å². The fourth-order valence-electron chi connectivity index (χ4n) is 11.9. The molecule has 3 nitrogen and oxygen atoms in total. The molecule has 0 saturated heterocycles. The molecule has 0 atom stereocenters. The maximum atomic E-state index is 13.2. The number of alkyl halides is 6. The molecule has 0 spiro atoms. The van der Waals surface area contributed by atoms with Gasteiger partial charge < -0.3 is 14.6 Å². The average Bonchev–Trinajstić information content (AvgIpc) is 3.38. The molecule has 0 fully saturated rings. The van der Waals surface area contributed by atoms with Crippen molar-refractivity contribution >= 4 is 0 Å². The second-order valence-electron chi connectivity index (χ2n) is 19.6. The van der Waals surface area contributed by atoms with Crippen LogP contribution < -0.4 is 9.47 Å². The molecule has 6 aromatic rings. The van der Waals surface area contributed by atoms with Gasteiger partial charge in [-0.05, 0) is 104 Å². The van der Waals surface area contributed by atoms with Crippen LogP contribution in [0.2, 0.25) is 0 Å². The molecule has 0 unspecified atom stereocenters. The predicted molar refractivity (Wildman–Crippen MR) is 270 cm³/mol. The summed E-state index contributed by atoms with van der Waals surface area (Å²) in [6, 6.07) is 40.3. The number of aliphatic hydroxyl groups is 1. The van der Waals surface area contributed by atoms with E-state index in [1.807, 2.05) is 12.1 Å². The van der Waals surface area contributed by atoms with Crippen LogP contribution in [0.25, 0.3) is 0 Å². The molecule has 0 heterocycles. The third-order valence-electron chi connectivity index (χ3n) is 15.3. The largest absolute Gasteiger partial charge is 0.494 e. The van der Waals surface area contributed by atoms with Gasteiger partial charge in [-0.1, -0.05) is 179 Å². The van der Waals surface area contributed by atoms with E-state index in [1.165, 1.54) is 82.7 Å². The molecule has 4 bridgehead atoms. The minimum Gasteiger partial charge on any atom is -0.494 e. The number of hydrogen-bond donors (Lipinski definition) is 1. The predicted octanol–water partition coefficient (Wildman–Crippen LogP) is 15.5. The molecule has 368 valence electrons. The minimum atomic E-state index is -5.88. The van der Waals surface area contributed by atoms with Crippen LogP contribution >= 0.6 is 0 Å². The molecular weight excluding hydrogens is 919 g/mol. The first kappa shape index (κ1) is 48.9. The van der Waals surface area contributed by atoms with Gasteiger partial charge in [0.2, 0.25) is 0 Å². The van der Waals surface area contributed by atoms with Crippen LogP contribution in [-0.2, 0) is 0 Å². The van der Waals surface area contributed by atoms with E-state index in [1.54, 1.807) is 6.07 Å². The van der Waals surface area contributed by atoms with Crippen LogP contribution in [0.5, 0.6) is 11.5 Å². The molecule has 0 aromatic heterocycles. The highest BCUT2D eigenvalue weighted by Crippen LogP contribution is 2.64. The fraction of sp³-hybridized carbons (Fsp3) is 0.333. The molecule has 6 aromatic carbocycles. The third kappa shape index (κ3) is 8.58. The van der Waals surface area contributed by atoms with Crippen molar-refractivity contribution in [3.8, 4) is 35.7 Å². The molecule has 12 rings (SSSR count). The quantitative estimate of drug-likeness (QED) is 0.0428. The van der Waals surface area contributed by atoms with Gasteiger partial charge >= 0.3 is 12.4 Å². The third-order valence-corrected chi connectivity index (χ3v) is 15.3. The molecule has 6 aliphatic rings. The van der Waals surface area contributed by atoms with Gasteiger partial charge in [-0.2, -0.15) is 26.3 Å². The van der Waals surface area contributed by atoms with E-state index >= 15 is 0 Å². The first-order valence-electron chi connectivity index (χ1n) is 25.4. The van der Waals surface area contributed by atoms with Crippen molar-refractivity contribution in [2.24, 2.45) is 0 Å². The van der Waals surface area contributed by atoms with Crippen LogP contribution in [-0.4, -0.2) is 36.3 Å². The minimum absolute atomic E-state index is 0.0992. The Bertz CT molecular complexity index is 2910. The van der Waals surface area contributed by atoms with Gasteiger partial charge in [0, 0.05) is 41.2 Å². The summed E-state index contributed by atoms with van der Waals surface area (Å²) in [4.78, 5) is 0. The van der Waals surface area contributed by atoms with Gasteiger partial charge in [0.15, 0.2) is 0 Å². The van der Waals surface area contributed by atoms with E-state index in [-0.39, 0.29) is 36.7 Å². The van der Waals surface area contributed by atoms with E-state index in [2.05, 4.69) is 122 Å². The summed E-state index contributed by atoms with van der Waals surface area (Å²) in [5, 5.41) is 9.53. The van der Waals surface area contributed by atoms with E-state index in [0.29, 0.717) is 36.2 Å². The zero-order valence-corrected chi connectivity index (χ0v) is 40.2. The maximum absolute atomic E-state index is 13.2. The fourth-order valence-corrected chi connectivity index (χ4v) is 11.9. The molecule has 72 heavy (non-hydrogen) atoms. The zero-order chi connectivity index (χ0) is 50.2. The molecule has 0 saturated carbocycles. The lowest BCUT2D eigenvalue weighted by Crippen LogP contribution is -2.56. The Morgan fingerprint density at radius 3 is 1.36 bits per heavy atom. The molecule has 9 heteroatoms. The average molecular weight is 975 g/mol. The first-order valence-corrected chi connectivity index (χ1v) is 25.4. The van der Waals surface area contributed by atoms with Gasteiger partial charge in [0.25, 0.3) is 5.60 Å². The van der Waals surface area contributed by atoms with Crippen molar-refractivity contribution in [3.05, 3.63) is 211 Å². The number of benzene rings is 6. The number of unbranched alkanes of at least 4 members (excludes halogenated alkanes) is 8. The van der Waals surface area contributed by atoms with Crippen molar-refractivity contribution in [2.75, 3.05) is 13.2 Å². The van der Waals surface area contributed by atoms with Crippen molar-refractivity contribution in [1.29, 1.82) is 0 Å². The van der Waals surface area contributed by atoms with Crippen molar-refractivity contribution in [3.63, 3.8) is 0 Å². The van der Waals surface area contributed by atoms with Crippen molar-refractivity contribution in [2.45, 2.75) is 119 Å². The standard InChI is InChI=1S/C63H56F6O3/c1-3-5-6-7-8-9-11-23-38-72-52-35-33-41(71-37-22-12-10-21-36-61(70,62(64,65)66)63(67,68)69)39-40(52)32-34-51-59-55-47-28-17-13-24-43(47)53(44-25-14-18-29-48(44)55)57(59)42(4-2)58-54-45-26-15-19-30-49(45)56(60(51)58)50-31-20-16-27-46(50)54/h2,10,13-21,24-31,33,35,39,53-56,70H,3,5-9,11-12,22-23,36-38H2,1H3/b21-10+. The molecule has 6 aliphatic carbocycles. The lowest BCUT2D eigenvalue weighted by Gasteiger charge is -2.48. The van der Waals surface area contributed by atoms with E-state index in [9.17, 15) is 31.4 Å². The number of ether oxygens (including phenoxy) is 2. The maximum Gasteiger partial charge on any atom is 0.426 e. The van der Waals surface area contributed by atoms with E-state index in [0.717, 1.165) is 52.6 Å². The highest BCUT2D eigenvalue weighted by atomic mass is 19.4. The lowest BCUT2D eigenvalue weighted by molar-refractivity contribution is -0.366. The number of terminal acetylenes is 1. The molecule has 0 aliphatic heterocycles. The molecule has 0 amide bonds.